The van der Waals surface area contributed by atoms with Gasteiger partial charge in [-0.25, -0.2) is 0 Å². The Kier molecular flexibility index (Phi) is 9.16. The average Bonchev–Trinajstić information content (AvgIpc) is 2.47. The van der Waals surface area contributed by atoms with Gasteiger partial charge in [0.25, 0.3) is 0 Å². The predicted molar refractivity (Wildman–Crippen MR) is 88.9 cm³/mol. The lowest BCUT2D eigenvalue weighted by Gasteiger charge is -2.16. The molecule has 1 radical (unpaired) electrons. The van der Waals surface area contributed by atoms with Crippen molar-refractivity contribution in [3.63, 3.8) is 0 Å². The van der Waals surface area contributed by atoms with Crippen LogP contribution in [0.3, 0.4) is 0 Å². The van der Waals surface area contributed by atoms with E-state index in [1.165, 1.54) is 49.7 Å². The molecule has 0 bridgehead atoms. The van der Waals surface area contributed by atoms with Crippen LogP contribution in [0, 0.1) is 6.07 Å². The highest BCUT2D eigenvalue weighted by atomic mass is 16.5. The van der Waals surface area contributed by atoms with Crippen LogP contribution in [0.1, 0.15) is 70.4 Å². The summed E-state index contributed by atoms with van der Waals surface area (Å²) in [6.45, 7) is 6.57. The second-order valence-electron chi connectivity index (χ2n) is 5.87. The number of hydrogen-bond acceptors (Lipinski definition) is 2. The van der Waals surface area contributed by atoms with Gasteiger partial charge in [0.05, 0.1) is 6.10 Å². The molecule has 0 spiro atoms. The first-order chi connectivity index (χ1) is 10.2. The van der Waals surface area contributed by atoms with Gasteiger partial charge in [0.15, 0.2) is 0 Å². The van der Waals surface area contributed by atoms with Crippen LogP contribution >= 0.6 is 0 Å². The molecule has 0 saturated carbocycles. The molecule has 1 N–H and O–H groups in total. The van der Waals surface area contributed by atoms with Gasteiger partial charge in [-0.15, -0.1) is 0 Å². The molecular weight excluding hydrogens is 260 g/mol. The standard InChI is InChI=1S/C19H31O2/c1-4-6-8-11-17-12-10-14-19(21-15-16(3)20)18(17)13-9-7-5-2/h10,14,16,20H,4-9,11,13,15H2,1-3H3. The highest BCUT2D eigenvalue weighted by molar-refractivity contribution is 5.40. The number of ether oxygens (including phenoxy) is 1. The largest absolute Gasteiger partial charge is 0.491 e. The lowest BCUT2D eigenvalue weighted by Crippen LogP contribution is -2.14. The molecule has 21 heavy (non-hydrogen) atoms. The Hall–Kier alpha value is -1.02. The summed E-state index contributed by atoms with van der Waals surface area (Å²) in [4.78, 5) is 0. The molecule has 1 aromatic rings. The molecule has 1 unspecified atom stereocenters. The number of benzene rings is 1. The van der Waals surface area contributed by atoms with E-state index in [1.54, 1.807) is 6.92 Å². The van der Waals surface area contributed by atoms with Crippen LogP contribution < -0.4 is 4.74 Å². The zero-order chi connectivity index (χ0) is 15.5. The number of aliphatic hydroxyl groups is 1. The third-order valence-electron chi connectivity index (χ3n) is 3.69. The zero-order valence-corrected chi connectivity index (χ0v) is 14.0. The molecule has 0 aliphatic rings. The van der Waals surface area contributed by atoms with Crippen molar-refractivity contribution in [2.45, 2.75) is 78.2 Å². The second-order valence-corrected chi connectivity index (χ2v) is 5.87. The molecule has 0 amide bonds. The summed E-state index contributed by atoms with van der Waals surface area (Å²) in [5.41, 5.74) is 2.62. The minimum absolute atomic E-state index is 0.360. The Labute approximate surface area is 130 Å². The van der Waals surface area contributed by atoms with Gasteiger partial charge in [0.1, 0.15) is 12.4 Å². The highest BCUT2D eigenvalue weighted by Gasteiger charge is 2.10. The maximum absolute atomic E-state index is 9.43. The van der Waals surface area contributed by atoms with Gasteiger partial charge in [-0.3, -0.25) is 0 Å². The molecule has 1 rings (SSSR count). The van der Waals surface area contributed by atoms with Crippen LogP contribution in [0.15, 0.2) is 12.1 Å². The number of unbranched alkanes of at least 4 members (excludes halogenated alkanes) is 4. The van der Waals surface area contributed by atoms with Crippen molar-refractivity contribution in [1.82, 2.24) is 0 Å². The van der Waals surface area contributed by atoms with Crippen LogP contribution in [0.4, 0.5) is 0 Å². The van der Waals surface area contributed by atoms with Gasteiger partial charge in [-0.1, -0.05) is 45.6 Å². The van der Waals surface area contributed by atoms with Gasteiger partial charge in [-0.05, 0) is 55.9 Å². The Balaban J connectivity index is 2.80. The monoisotopic (exact) mass is 291 g/mol. The molecular formula is C19H31O2. The van der Waals surface area contributed by atoms with Crippen LogP contribution in [-0.4, -0.2) is 17.8 Å². The lowest BCUT2D eigenvalue weighted by molar-refractivity contribution is 0.122. The third-order valence-corrected chi connectivity index (χ3v) is 3.69. The van der Waals surface area contributed by atoms with Crippen LogP contribution in [0.25, 0.3) is 0 Å². The van der Waals surface area contributed by atoms with Crippen molar-refractivity contribution in [2.75, 3.05) is 6.61 Å². The highest BCUT2D eigenvalue weighted by Crippen LogP contribution is 2.26. The van der Waals surface area contributed by atoms with Crippen molar-refractivity contribution in [2.24, 2.45) is 0 Å². The van der Waals surface area contributed by atoms with E-state index in [9.17, 15) is 5.11 Å². The second kappa shape index (κ2) is 10.7. The van der Waals surface area contributed by atoms with E-state index in [4.69, 9.17) is 4.74 Å². The lowest BCUT2D eigenvalue weighted by atomic mass is 9.96. The molecule has 0 heterocycles. The van der Waals surface area contributed by atoms with Crippen LogP contribution in [-0.2, 0) is 12.8 Å². The SMILES string of the molecule is CCCCCc1[c]ccc(OCC(C)O)c1CCCCC. The van der Waals surface area contributed by atoms with E-state index in [1.807, 2.05) is 12.1 Å². The number of aryl methyl sites for hydroxylation is 1. The molecule has 1 atom stereocenters. The fraction of sp³-hybridized carbons (Fsp3) is 0.684. The first-order valence-corrected chi connectivity index (χ1v) is 8.52. The zero-order valence-electron chi connectivity index (χ0n) is 14.0. The molecule has 0 fully saturated rings. The molecule has 0 aliphatic carbocycles. The summed E-state index contributed by atoms with van der Waals surface area (Å²) in [5, 5.41) is 9.43. The maximum atomic E-state index is 9.43. The van der Waals surface area contributed by atoms with E-state index in [-0.39, 0.29) is 0 Å². The summed E-state index contributed by atoms with van der Waals surface area (Å²) in [7, 11) is 0. The Morgan fingerprint density at radius 3 is 2.38 bits per heavy atom. The smallest absolute Gasteiger partial charge is 0.122 e. The molecule has 0 aromatic heterocycles. The predicted octanol–water partition coefficient (Wildman–Crippen LogP) is 4.71. The fourth-order valence-corrected chi connectivity index (χ4v) is 2.50. The molecule has 0 saturated heterocycles. The topological polar surface area (TPSA) is 29.5 Å². The summed E-state index contributed by atoms with van der Waals surface area (Å²) < 4.78 is 5.81. The average molecular weight is 291 g/mol. The third kappa shape index (κ3) is 6.99. The van der Waals surface area contributed by atoms with Gasteiger partial charge < -0.3 is 9.84 Å². The fourth-order valence-electron chi connectivity index (χ4n) is 2.50. The summed E-state index contributed by atoms with van der Waals surface area (Å²) >= 11 is 0. The minimum atomic E-state index is -0.429. The van der Waals surface area contributed by atoms with Crippen molar-refractivity contribution in [3.05, 3.63) is 29.3 Å². The molecule has 2 heteroatoms. The van der Waals surface area contributed by atoms with E-state index < -0.39 is 6.10 Å². The Morgan fingerprint density at radius 1 is 1.10 bits per heavy atom. The number of rotatable bonds is 11. The van der Waals surface area contributed by atoms with Crippen molar-refractivity contribution in [1.29, 1.82) is 0 Å². The Morgan fingerprint density at radius 2 is 1.76 bits per heavy atom. The summed E-state index contributed by atoms with van der Waals surface area (Å²) in [5.74, 6) is 0.942. The first-order valence-electron chi connectivity index (χ1n) is 8.52. The first kappa shape index (κ1) is 18.0. The van der Waals surface area contributed by atoms with Crippen LogP contribution in [0.2, 0.25) is 0 Å². The molecule has 119 valence electrons. The molecule has 0 aliphatic heterocycles. The molecule has 2 nitrogen and oxygen atoms in total. The van der Waals surface area contributed by atoms with E-state index >= 15 is 0 Å². The normalized spacial score (nSPS) is 12.4. The van der Waals surface area contributed by atoms with E-state index in [2.05, 4.69) is 19.9 Å². The maximum Gasteiger partial charge on any atom is 0.122 e. The van der Waals surface area contributed by atoms with Crippen molar-refractivity contribution >= 4 is 0 Å². The van der Waals surface area contributed by atoms with E-state index in [0.717, 1.165) is 18.6 Å². The van der Waals surface area contributed by atoms with Gasteiger partial charge in [-0.2, -0.15) is 0 Å². The minimum Gasteiger partial charge on any atom is -0.491 e. The summed E-state index contributed by atoms with van der Waals surface area (Å²) in [6.07, 6.45) is 9.10. The number of aliphatic hydroxyl groups excluding tert-OH is 1. The Bertz CT molecular complexity index is 385. The van der Waals surface area contributed by atoms with Gasteiger partial charge in [0, 0.05) is 0 Å². The van der Waals surface area contributed by atoms with Crippen molar-refractivity contribution in [3.8, 4) is 5.75 Å². The van der Waals surface area contributed by atoms with E-state index in [0.29, 0.717) is 6.61 Å². The van der Waals surface area contributed by atoms with Gasteiger partial charge >= 0.3 is 0 Å². The van der Waals surface area contributed by atoms with Gasteiger partial charge in [0.2, 0.25) is 0 Å². The molecule has 1 aromatic carbocycles. The summed E-state index contributed by atoms with van der Waals surface area (Å²) in [6, 6.07) is 7.36. The number of hydrogen-bond donors (Lipinski definition) is 1. The van der Waals surface area contributed by atoms with Crippen LogP contribution in [0.5, 0.6) is 5.75 Å². The quantitative estimate of drug-likeness (QED) is 0.598. The van der Waals surface area contributed by atoms with Crippen molar-refractivity contribution < 1.29 is 9.84 Å².